The van der Waals surface area contributed by atoms with Crippen molar-refractivity contribution in [2.75, 3.05) is 19.7 Å². The van der Waals surface area contributed by atoms with Gasteiger partial charge in [0.15, 0.2) is 5.78 Å². The maximum absolute atomic E-state index is 12.3. The molecule has 2 aliphatic rings. The molecule has 3 atom stereocenters. The summed E-state index contributed by atoms with van der Waals surface area (Å²) in [6.07, 6.45) is 4.93. The maximum Gasteiger partial charge on any atom is 0.234 e. The van der Waals surface area contributed by atoms with Crippen LogP contribution in [0.25, 0.3) is 0 Å². The molecular weight excluding hydrogens is 268 g/mol. The summed E-state index contributed by atoms with van der Waals surface area (Å²) in [5.74, 6) is 0.101. The van der Waals surface area contributed by atoms with Gasteiger partial charge in [-0.05, 0) is 25.7 Å². The van der Waals surface area contributed by atoms with Crippen molar-refractivity contribution in [3.8, 4) is 0 Å². The average Bonchev–Trinajstić information content (AvgIpc) is 2.44. The maximum atomic E-state index is 12.3. The molecule has 1 saturated carbocycles. The van der Waals surface area contributed by atoms with Crippen molar-refractivity contribution in [2.24, 2.45) is 5.92 Å². The molecule has 0 bridgehead atoms. The third-order valence-corrected chi connectivity index (χ3v) is 4.61. The fraction of sp³-hybridized carbons (Fsp3) is 0.875. The highest BCUT2D eigenvalue weighted by atomic mass is 16.5. The topological polar surface area (TPSA) is 58.6 Å². The highest BCUT2D eigenvalue weighted by molar-refractivity contribution is 5.88. The first-order valence-corrected chi connectivity index (χ1v) is 8.14. The summed E-state index contributed by atoms with van der Waals surface area (Å²) < 4.78 is 5.82. The number of amides is 1. The van der Waals surface area contributed by atoms with Crippen LogP contribution in [0.2, 0.25) is 0 Å². The SMILES string of the molecule is CC(=O)[C@H](NC(=O)CN1CCO[C@@H]2CCCC[C@H]21)C(C)C. The number of Topliss-reactive ketones (excluding diaryl/α,β-unsaturated/α-hetero) is 1. The Morgan fingerprint density at radius 1 is 1.29 bits per heavy atom. The molecule has 2 rings (SSSR count). The van der Waals surface area contributed by atoms with Crippen molar-refractivity contribution in [2.45, 2.75) is 64.6 Å². The third kappa shape index (κ3) is 4.27. The van der Waals surface area contributed by atoms with Gasteiger partial charge in [-0.15, -0.1) is 0 Å². The van der Waals surface area contributed by atoms with E-state index in [4.69, 9.17) is 4.74 Å². The lowest BCUT2D eigenvalue weighted by atomic mass is 9.90. The van der Waals surface area contributed by atoms with E-state index in [1.807, 2.05) is 13.8 Å². The zero-order valence-corrected chi connectivity index (χ0v) is 13.4. The van der Waals surface area contributed by atoms with Gasteiger partial charge in [0.2, 0.25) is 5.91 Å². The second kappa shape index (κ2) is 7.36. The zero-order valence-electron chi connectivity index (χ0n) is 13.4. The number of fused-ring (bicyclic) bond motifs is 1. The summed E-state index contributed by atoms with van der Waals surface area (Å²) in [6.45, 7) is 7.34. The van der Waals surface area contributed by atoms with Crippen LogP contribution in [-0.2, 0) is 14.3 Å². The first-order valence-electron chi connectivity index (χ1n) is 8.14. The number of rotatable bonds is 5. The molecule has 0 aromatic carbocycles. The quantitative estimate of drug-likeness (QED) is 0.832. The predicted octanol–water partition coefficient (Wildman–Crippen LogP) is 1.36. The van der Waals surface area contributed by atoms with E-state index in [9.17, 15) is 9.59 Å². The number of carbonyl (C=O) groups excluding carboxylic acids is 2. The zero-order chi connectivity index (χ0) is 15.4. The summed E-state index contributed by atoms with van der Waals surface area (Å²) in [5.41, 5.74) is 0. The van der Waals surface area contributed by atoms with E-state index in [0.717, 1.165) is 19.4 Å². The van der Waals surface area contributed by atoms with E-state index in [-0.39, 0.29) is 29.8 Å². The van der Waals surface area contributed by atoms with Crippen LogP contribution in [0.5, 0.6) is 0 Å². The number of hydrogen-bond donors (Lipinski definition) is 1. The highest BCUT2D eigenvalue weighted by Gasteiger charge is 2.35. The van der Waals surface area contributed by atoms with Crippen LogP contribution in [0, 0.1) is 5.92 Å². The van der Waals surface area contributed by atoms with Gasteiger partial charge in [-0.3, -0.25) is 14.5 Å². The van der Waals surface area contributed by atoms with Crippen molar-refractivity contribution in [1.29, 1.82) is 0 Å². The standard InChI is InChI=1S/C16H28N2O3/c1-11(2)16(12(3)19)17-15(20)10-18-8-9-21-14-7-5-4-6-13(14)18/h11,13-14,16H,4-10H2,1-3H3,(H,17,20)/t13-,14-,16-/m1/s1. The number of ether oxygens (including phenoxy) is 1. The van der Waals surface area contributed by atoms with Crippen molar-refractivity contribution in [1.82, 2.24) is 10.2 Å². The molecule has 120 valence electrons. The van der Waals surface area contributed by atoms with Crippen LogP contribution in [-0.4, -0.2) is 54.5 Å². The van der Waals surface area contributed by atoms with E-state index in [2.05, 4.69) is 10.2 Å². The van der Waals surface area contributed by atoms with Crippen molar-refractivity contribution in [3.63, 3.8) is 0 Å². The van der Waals surface area contributed by atoms with Gasteiger partial charge in [0.1, 0.15) is 0 Å². The van der Waals surface area contributed by atoms with Gasteiger partial charge in [-0.25, -0.2) is 0 Å². The molecule has 0 spiro atoms. The molecule has 2 fully saturated rings. The van der Waals surface area contributed by atoms with Gasteiger partial charge in [0.25, 0.3) is 0 Å². The van der Waals surface area contributed by atoms with Crippen LogP contribution < -0.4 is 5.32 Å². The lowest BCUT2D eigenvalue weighted by molar-refractivity contribution is -0.133. The minimum absolute atomic E-state index is 0.0240. The van der Waals surface area contributed by atoms with E-state index >= 15 is 0 Å². The van der Waals surface area contributed by atoms with Crippen LogP contribution in [0.1, 0.15) is 46.5 Å². The minimum atomic E-state index is -0.374. The monoisotopic (exact) mass is 296 g/mol. The normalized spacial score (nSPS) is 28.0. The second-order valence-electron chi connectivity index (χ2n) is 6.63. The summed E-state index contributed by atoms with van der Waals surface area (Å²) in [4.78, 5) is 26.1. The molecule has 5 nitrogen and oxygen atoms in total. The van der Waals surface area contributed by atoms with Gasteiger partial charge in [-0.1, -0.05) is 26.7 Å². The van der Waals surface area contributed by atoms with E-state index in [1.165, 1.54) is 19.8 Å². The Morgan fingerprint density at radius 3 is 2.67 bits per heavy atom. The lowest BCUT2D eigenvalue weighted by Gasteiger charge is -2.43. The Balaban J connectivity index is 1.90. The fourth-order valence-corrected chi connectivity index (χ4v) is 3.51. The van der Waals surface area contributed by atoms with Crippen LogP contribution in [0.15, 0.2) is 0 Å². The van der Waals surface area contributed by atoms with E-state index in [0.29, 0.717) is 19.2 Å². The van der Waals surface area contributed by atoms with Gasteiger partial charge in [-0.2, -0.15) is 0 Å². The smallest absolute Gasteiger partial charge is 0.234 e. The predicted molar refractivity (Wildman–Crippen MR) is 81.0 cm³/mol. The average molecular weight is 296 g/mol. The number of nitrogens with zero attached hydrogens (tertiary/aromatic N) is 1. The Morgan fingerprint density at radius 2 is 2.00 bits per heavy atom. The van der Waals surface area contributed by atoms with Gasteiger partial charge >= 0.3 is 0 Å². The van der Waals surface area contributed by atoms with Gasteiger partial charge < -0.3 is 10.1 Å². The largest absolute Gasteiger partial charge is 0.375 e. The Labute approximate surface area is 127 Å². The first-order chi connectivity index (χ1) is 9.99. The van der Waals surface area contributed by atoms with E-state index in [1.54, 1.807) is 0 Å². The molecule has 1 heterocycles. The summed E-state index contributed by atoms with van der Waals surface area (Å²) in [7, 11) is 0. The Hall–Kier alpha value is -0.940. The molecule has 1 amide bonds. The van der Waals surface area contributed by atoms with Crippen molar-refractivity contribution < 1.29 is 14.3 Å². The lowest BCUT2D eigenvalue weighted by Crippen LogP contribution is -2.56. The molecule has 0 aromatic heterocycles. The number of ketones is 1. The number of carbonyl (C=O) groups is 2. The molecule has 0 radical (unpaired) electrons. The highest BCUT2D eigenvalue weighted by Crippen LogP contribution is 2.28. The number of morpholine rings is 1. The van der Waals surface area contributed by atoms with Crippen molar-refractivity contribution in [3.05, 3.63) is 0 Å². The Bertz CT molecular complexity index is 382. The van der Waals surface area contributed by atoms with Gasteiger partial charge in [0.05, 0.1) is 25.3 Å². The number of hydrogen-bond acceptors (Lipinski definition) is 4. The van der Waals surface area contributed by atoms with Crippen LogP contribution in [0.4, 0.5) is 0 Å². The molecule has 1 aliphatic heterocycles. The van der Waals surface area contributed by atoms with Crippen LogP contribution >= 0.6 is 0 Å². The van der Waals surface area contributed by atoms with Crippen molar-refractivity contribution >= 4 is 11.7 Å². The fourth-order valence-electron chi connectivity index (χ4n) is 3.51. The third-order valence-electron chi connectivity index (χ3n) is 4.61. The molecule has 1 saturated heterocycles. The van der Waals surface area contributed by atoms with Gasteiger partial charge in [0, 0.05) is 12.6 Å². The molecule has 1 N–H and O–H groups in total. The molecular formula is C16H28N2O3. The summed E-state index contributed by atoms with van der Waals surface area (Å²) in [6, 6.07) is -0.00577. The molecule has 5 heteroatoms. The molecule has 0 unspecified atom stereocenters. The first kappa shape index (κ1) is 16.4. The second-order valence-corrected chi connectivity index (χ2v) is 6.63. The van der Waals surface area contributed by atoms with Crippen LogP contribution in [0.3, 0.4) is 0 Å². The number of nitrogens with one attached hydrogen (secondary N) is 1. The molecule has 0 aromatic rings. The summed E-state index contributed by atoms with van der Waals surface area (Å²) >= 11 is 0. The minimum Gasteiger partial charge on any atom is -0.375 e. The summed E-state index contributed by atoms with van der Waals surface area (Å²) in [5, 5.41) is 2.89. The van der Waals surface area contributed by atoms with E-state index < -0.39 is 0 Å². The Kier molecular flexibility index (Phi) is 5.76. The molecule has 21 heavy (non-hydrogen) atoms. The molecule has 1 aliphatic carbocycles.